The van der Waals surface area contributed by atoms with Crippen molar-refractivity contribution in [3.05, 3.63) is 114 Å². The van der Waals surface area contributed by atoms with Gasteiger partial charge in [-0.25, -0.2) is 0 Å². The van der Waals surface area contributed by atoms with Gasteiger partial charge in [0.1, 0.15) is 12.5 Å². The molecule has 2 aliphatic heterocycles. The minimum Gasteiger partial charge on any atom is -0.473 e. The zero-order valence-corrected chi connectivity index (χ0v) is 19.6. The van der Waals surface area contributed by atoms with Crippen LogP contribution < -0.4 is 14.5 Å². The van der Waals surface area contributed by atoms with Crippen LogP contribution in [0.2, 0.25) is 0 Å². The quantitative estimate of drug-likeness (QED) is 0.490. The summed E-state index contributed by atoms with van der Waals surface area (Å²) in [6, 6.07) is 27.7. The van der Waals surface area contributed by atoms with Gasteiger partial charge in [-0.1, -0.05) is 67.6 Å². The third-order valence-electron chi connectivity index (χ3n) is 7.10. The molecule has 1 fully saturated rings. The molecule has 0 spiro atoms. The van der Waals surface area contributed by atoms with Gasteiger partial charge in [0.15, 0.2) is 6.73 Å². The van der Waals surface area contributed by atoms with Crippen LogP contribution in [-0.4, -0.2) is 26.1 Å². The Morgan fingerprint density at radius 2 is 1.62 bits per heavy atom. The van der Waals surface area contributed by atoms with Crippen LogP contribution >= 0.6 is 0 Å². The number of anilines is 2. The van der Waals surface area contributed by atoms with E-state index in [0.717, 1.165) is 25.3 Å². The van der Waals surface area contributed by atoms with Crippen LogP contribution in [0, 0.1) is 5.41 Å². The number of para-hydroxylation sites is 2. The van der Waals surface area contributed by atoms with Crippen LogP contribution in [0.4, 0.5) is 11.4 Å². The second-order valence-electron chi connectivity index (χ2n) is 9.76. The normalized spacial score (nSPS) is 23.6. The maximum Gasteiger partial charge on any atom is 0.161 e. The average Bonchev–Trinajstić information content (AvgIpc) is 2.88. The fourth-order valence-corrected chi connectivity index (χ4v) is 5.35. The summed E-state index contributed by atoms with van der Waals surface area (Å²) in [6.07, 6.45) is 7.95. The maximum absolute atomic E-state index is 6.25. The lowest BCUT2D eigenvalue weighted by Gasteiger charge is -2.46. The first-order valence-corrected chi connectivity index (χ1v) is 12.0. The summed E-state index contributed by atoms with van der Waals surface area (Å²) in [5.41, 5.74) is 6.24. The van der Waals surface area contributed by atoms with Gasteiger partial charge in [0.2, 0.25) is 0 Å². The van der Waals surface area contributed by atoms with Crippen molar-refractivity contribution in [3.8, 4) is 5.75 Å². The molecule has 0 bridgehead atoms. The Bertz CT molecular complexity index is 1220. The summed E-state index contributed by atoms with van der Waals surface area (Å²) < 4.78 is 12.3. The Morgan fingerprint density at radius 3 is 2.38 bits per heavy atom. The second kappa shape index (κ2) is 8.69. The van der Waals surface area contributed by atoms with E-state index in [2.05, 4.69) is 108 Å². The molecule has 2 unspecified atom stereocenters. The Labute approximate surface area is 201 Å². The Kier molecular flexibility index (Phi) is 5.39. The van der Waals surface area contributed by atoms with Crippen molar-refractivity contribution in [1.82, 2.24) is 0 Å². The highest BCUT2D eigenvalue weighted by Gasteiger charge is 2.39. The summed E-state index contributed by atoms with van der Waals surface area (Å²) in [7, 11) is 0. The van der Waals surface area contributed by atoms with Gasteiger partial charge in [-0.15, -0.1) is 0 Å². The third kappa shape index (κ3) is 4.10. The average molecular weight is 451 g/mol. The molecule has 1 aliphatic carbocycles. The smallest absolute Gasteiger partial charge is 0.161 e. The van der Waals surface area contributed by atoms with Crippen molar-refractivity contribution >= 4 is 11.4 Å². The van der Waals surface area contributed by atoms with Gasteiger partial charge in [-0.3, -0.25) is 0 Å². The fraction of sp³-hybridized carbons (Fsp3) is 0.267. The molecule has 6 rings (SSSR count). The second-order valence-corrected chi connectivity index (χ2v) is 9.76. The van der Waals surface area contributed by atoms with Crippen molar-refractivity contribution in [2.45, 2.75) is 26.0 Å². The molecule has 0 N–H and O–H groups in total. The van der Waals surface area contributed by atoms with Gasteiger partial charge in [0.25, 0.3) is 0 Å². The van der Waals surface area contributed by atoms with E-state index in [1.807, 2.05) is 6.07 Å². The van der Waals surface area contributed by atoms with Gasteiger partial charge in [0, 0.05) is 35.4 Å². The first-order valence-electron chi connectivity index (χ1n) is 12.0. The van der Waals surface area contributed by atoms with Crippen LogP contribution in [0.25, 0.3) is 0 Å². The Balaban J connectivity index is 1.20. The number of allylic oxidation sites excluding steroid dienone is 2. The predicted molar refractivity (Wildman–Crippen MR) is 137 cm³/mol. The van der Waals surface area contributed by atoms with Crippen molar-refractivity contribution in [2.75, 3.05) is 29.8 Å². The zero-order chi connectivity index (χ0) is 23.0. The van der Waals surface area contributed by atoms with E-state index in [0.29, 0.717) is 13.5 Å². The number of fused-ring (bicyclic) bond motifs is 2. The largest absolute Gasteiger partial charge is 0.473 e. The van der Waals surface area contributed by atoms with E-state index in [1.54, 1.807) is 0 Å². The standard InChI is InChI=1S/C30H30N2O2/c1-30-18-24(13-15-29(30)34-22-32(20-30)27-10-6-3-7-11-27)16-23-12-14-28-25(17-23)19-31(21-33-28)26-8-4-2-5-9-26/h2-15,17-18,29H,16,19-22H2,1H3. The topological polar surface area (TPSA) is 24.9 Å². The molecule has 2 atom stereocenters. The number of nitrogens with zero attached hydrogens (tertiary/aromatic N) is 2. The van der Waals surface area contributed by atoms with E-state index in [9.17, 15) is 0 Å². The SMILES string of the molecule is CC12C=C(Cc3ccc4c(c3)CN(c3ccccc3)CO4)C=CC1OCN(c1ccccc1)C2. The highest BCUT2D eigenvalue weighted by molar-refractivity contribution is 5.51. The van der Waals surface area contributed by atoms with Gasteiger partial charge < -0.3 is 19.3 Å². The molecule has 0 saturated carbocycles. The molecule has 0 amide bonds. The molecule has 1 saturated heterocycles. The summed E-state index contributed by atoms with van der Waals surface area (Å²) in [5.74, 6) is 0.996. The number of rotatable bonds is 4. The lowest BCUT2D eigenvalue weighted by atomic mass is 9.76. The molecule has 4 nitrogen and oxygen atoms in total. The van der Waals surface area contributed by atoms with E-state index in [1.165, 1.54) is 28.1 Å². The van der Waals surface area contributed by atoms with Crippen molar-refractivity contribution in [2.24, 2.45) is 5.41 Å². The van der Waals surface area contributed by atoms with Crippen LogP contribution in [-0.2, 0) is 17.7 Å². The van der Waals surface area contributed by atoms with E-state index in [4.69, 9.17) is 9.47 Å². The first kappa shape index (κ1) is 21.1. The minimum absolute atomic E-state index is 0.0560. The first-order chi connectivity index (χ1) is 16.7. The Morgan fingerprint density at radius 1 is 0.882 bits per heavy atom. The molecule has 3 aliphatic rings. The van der Waals surface area contributed by atoms with Gasteiger partial charge in [0.05, 0.1) is 6.10 Å². The fourth-order valence-electron chi connectivity index (χ4n) is 5.35. The molecule has 3 aromatic carbocycles. The predicted octanol–water partition coefficient (Wildman–Crippen LogP) is 5.95. The van der Waals surface area contributed by atoms with E-state index in [-0.39, 0.29) is 11.5 Å². The van der Waals surface area contributed by atoms with Gasteiger partial charge in [-0.2, -0.15) is 0 Å². The monoisotopic (exact) mass is 450 g/mol. The molecule has 172 valence electrons. The highest BCUT2D eigenvalue weighted by Crippen LogP contribution is 2.39. The number of ether oxygens (including phenoxy) is 2. The van der Waals surface area contributed by atoms with E-state index >= 15 is 0 Å². The molecular formula is C30H30N2O2. The third-order valence-corrected chi connectivity index (χ3v) is 7.10. The summed E-state index contributed by atoms with van der Waals surface area (Å²) in [4.78, 5) is 4.60. The van der Waals surface area contributed by atoms with Crippen LogP contribution in [0.3, 0.4) is 0 Å². The molecule has 2 heterocycles. The zero-order valence-electron chi connectivity index (χ0n) is 19.6. The highest BCUT2D eigenvalue weighted by atomic mass is 16.5. The van der Waals surface area contributed by atoms with Gasteiger partial charge in [-0.05, 0) is 54.0 Å². The number of hydrogen-bond donors (Lipinski definition) is 0. The maximum atomic E-state index is 6.25. The van der Waals surface area contributed by atoms with Crippen LogP contribution in [0.1, 0.15) is 18.1 Å². The lowest BCUT2D eigenvalue weighted by molar-refractivity contribution is -0.0119. The molecule has 4 heteroatoms. The van der Waals surface area contributed by atoms with Gasteiger partial charge >= 0.3 is 0 Å². The number of hydrogen-bond acceptors (Lipinski definition) is 4. The Hall–Kier alpha value is -3.50. The summed E-state index contributed by atoms with van der Waals surface area (Å²) in [6.45, 7) is 5.33. The van der Waals surface area contributed by atoms with Crippen molar-refractivity contribution in [3.63, 3.8) is 0 Å². The minimum atomic E-state index is -0.0560. The molecule has 34 heavy (non-hydrogen) atoms. The van der Waals surface area contributed by atoms with Crippen molar-refractivity contribution in [1.29, 1.82) is 0 Å². The molecule has 0 radical (unpaired) electrons. The molecular weight excluding hydrogens is 420 g/mol. The molecule has 3 aromatic rings. The molecule has 0 aromatic heterocycles. The van der Waals surface area contributed by atoms with Crippen LogP contribution in [0.15, 0.2) is 103 Å². The summed E-state index contributed by atoms with van der Waals surface area (Å²) in [5, 5.41) is 0. The van der Waals surface area contributed by atoms with Crippen molar-refractivity contribution < 1.29 is 9.47 Å². The van der Waals surface area contributed by atoms with E-state index < -0.39 is 0 Å². The van der Waals surface area contributed by atoms with Crippen LogP contribution in [0.5, 0.6) is 5.75 Å². The summed E-state index contributed by atoms with van der Waals surface area (Å²) >= 11 is 0. The number of benzene rings is 3. The lowest BCUT2D eigenvalue weighted by Crippen LogP contribution is -2.51.